The highest BCUT2D eigenvalue weighted by Gasteiger charge is 2.30. The minimum Gasteiger partial charge on any atom is -0.493 e. The van der Waals surface area contributed by atoms with Crippen LogP contribution < -0.4 is 14.4 Å². The number of pyridine rings is 1. The van der Waals surface area contributed by atoms with Gasteiger partial charge in [-0.1, -0.05) is 0 Å². The van der Waals surface area contributed by atoms with Crippen molar-refractivity contribution < 1.29 is 23.0 Å². The number of fused-ring (bicyclic) bond motifs is 2. The highest BCUT2D eigenvalue weighted by molar-refractivity contribution is 6.01. The maximum atomic E-state index is 14.6. The molecule has 196 valence electrons. The fourth-order valence-corrected chi connectivity index (χ4v) is 5.71. The summed E-state index contributed by atoms with van der Waals surface area (Å²) >= 11 is 0. The first-order valence-electron chi connectivity index (χ1n) is 12.7. The molecule has 1 fully saturated rings. The van der Waals surface area contributed by atoms with Gasteiger partial charge in [0.15, 0.2) is 11.5 Å². The van der Waals surface area contributed by atoms with E-state index in [0.717, 1.165) is 35.7 Å². The zero-order valence-electron chi connectivity index (χ0n) is 21.3. The van der Waals surface area contributed by atoms with E-state index in [2.05, 4.69) is 10.00 Å². The van der Waals surface area contributed by atoms with E-state index < -0.39 is 11.6 Å². The topological polar surface area (TPSA) is 59.3 Å². The maximum Gasteiger partial charge on any atom is 0.258 e. The number of methoxy groups -OCH3 is 2. The molecule has 4 heterocycles. The summed E-state index contributed by atoms with van der Waals surface area (Å²) in [6.45, 7) is 1.74. The lowest BCUT2D eigenvalue weighted by Crippen LogP contribution is -2.36. The molecule has 2 aliphatic heterocycles. The average molecular weight is 519 g/mol. The summed E-state index contributed by atoms with van der Waals surface area (Å²) in [7, 11) is 3.21. The molecule has 0 aliphatic carbocycles. The first kappa shape index (κ1) is 24.2. The number of rotatable bonds is 5. The number of aromatic nitrogens is 2. The van der Waals surface area contributed by atoms with E-state index in [1.807, 2.05) is 29.2 Å². The number of ether oxygens (including phenoxy) is 2. The van der Waals surface area contributed by atoms with Crippen LogP contribution in [0.25, 0.3) is 5.52 Å². The van der Waals surface area contributed by atoms with Crippen molar-refractivity contribution in [2.45, 2.75) is 31.8 Å². The molecule has 7 nitrogen and oxygen atoms in total. The Bertz CT molecular complexity index is 1540. The number of carbonyl (C=O) groups is 1. The fourth-order valence-electron chi connectivity index (χ4n) is 5.71. The normalized spacial score (nSPS) is 17.1. The Kier molecular flexibility index (Phi) is 6.13. The lowest BCUT2D eigenvalue weighted by Gasteiger charge is -2.30. The van der Waals surface area contributed by atoms with Gasteiger partial charge in [0.25, 0.3) is 5.91 Å². The van der Waals surface area contributed by atoms with Gasteiger partial charge in [0.1, 0.15) is 11.6 Å². The molecule has 38 heavy (non-hydrogen) atoms. The third kappa shape index (κ3) is 4.12. The number of nitrogens with zero attached hydrogens (tertiary/aromatic N) is 4. The van der Waals surface area contributed by atoms with Gasteiger partial charge in [-0.05, 0) is 72.9 Å². The van der Waals surface area contributed by atoms with Crippen molar-refractivity contribution >= 4 is 17.1 Å². The van der Waals surface area contributed by atoms with Gasteiger partial charge in [-0.2, -0.15) is 5.10 Å². The Balaban J connectivity index is 1.30. The van der Waals surface area contributed by atoms with E-state index >= 15 is 0 Å². The third-order valence-electron chi connectivity index (χ3n) is 7.64. The van der Waals surface area contributed by atoms with Crippen LogP contribution in [0.3, 0.4) is 0 Å². The lowest BCUT2D eigenvalue weighted by atomic mass is 9.98. The van der Waals surface area contributed by atoms with Gasteiger partial charge in [0, 0.05) is 37.1 Å². The summed E-state index contributed by atoms with van der Waals surface area (Å²) in [6, 6.07) is 11.1. The molecule has 0 bridgehead atoms. The Morgan fingerprint density at radius 3 is 2.58 bits per heavy atom. The molecule has 1 unspecified atom stereocenters. The Labute approximate surface area is 219 Å². The highest BCUT2D eigenvalue weighted by Crippen LogP contribution is 2.38. The first-order valence-corrected chi connectivity index (χ1v) is 12.7. The zero-order chi connectivity index (χ0) is 26.4. The largest absolute Gasteiger partial charge is 0.493 e. The van der Waals surface area contributed by atoms with Gasteiger partial charge in [-0.3, -0.25) is 4.79 Å². The first-order chi connectivity index (χ1) is 18.5. The molecule has 0 radical (unpaired) electrons. The van der Waals surface area contributed by atoms with Crippen molar-refractivity contribution in [3.05, 3.63) is 88.7 Å². The molecule has 2 aromatic heterocycles. The number of hydrogen-bond acceptors (Lipinski definition) is 5. The number of carbonyl (C=O) groups excluding carboxylic acids is 1. The van der Waals surface area contributed by atoms with E-state index in [4.69, 9.17) is 9.47 Å². The summed E-state index contributed by atoms with van der Waals surface area (Å²) in [5.74, 6) is 0.345. The number of anilines is 1. The second-order valence-corrected chi connectivity index (χ2v) is 9.74. The van der Waals surface area contributed by atoms with Crippen molar-refractivity contribution in [1.29, 1.82) is 0 Å². The molecule has 6 rings (SSSR count). The van der Waals surface area contributed by atoms with Crippen LogP contribution in [0.4, 0.5) is 14.5 Å². The van der Waals surface area contributed by atoms with Crippen LogP contribution in [0, 0.1) is 11.6 Å². The second-order valence-electron chi connectivity index (χ2n) is 9.74. The molecule has 2 aliphatic rings. The molecule has 1 saturated heterocycles. The van der Waals surface area contributed by atoms with Crippen LogP contribution in [0.15, 0.2) is 54.9 Å². The molecule has 1 atom stereocenters. The predicted octanol–water partition coefficient (Wildman–Crippen LogP) is 5.17. The minimum absolute atomic E-state index is 0.105. The molecule has 0 spiro atoms. The quantitative estimate of drug-likeness (QED) is 0.365. The minimum atomic E-state index is -0.452. The van der Waals surface area contributed by atoms with E-state index in [-0.39, 0.29) is 11.9 Å². The zero-order valence-corrected chi connectivity index (χ0v) is 21.3. The van der Waals surface area contributed by atoms with Gasteiger partial charge >= 0.3 is 0 Å². The number of hydrogen-bond donors (Lipinski definition) is 0. The van der Waals surface area contributed by atoms with E-state index in [1.54, 1.807) is 31.1 Å². The Morgan fingerprint density at radius 1 is 1.00 bits per heavy atom. The SMILES string of the molecule is COc1cc2c(cc1OC)CN(C(=O)c1cnn3ccc(N4CCCC4c4cc(F)ccc4F)cc13)CC2. The van der Waals surface area contributed by atoms with E-state index in [1.165, 1.54) is 12.1 Å². The summed E-state index contributed by atoms with van der Waals surface area (Å²) in [5.41, 5.74) is 4.54. The maximum absolute atomic E-state index is 14.6. The van der Waals surface area contributed by atoms with Crippen LogP contribution in [-0.4, -0.2) is 47.7 Å². The Morgan fingerprint density at radius 2 is 1.79 bits per heavy atom. The van der Waals surface area contributed by atoms with E-state index in [0.29, 0.717) is 54.2 Å². The average Bonchev–Trinajstić information content (AvgIpc) is 3.60. The molecule has 0 N–H and O–H groups in total. The van der Waals surface area contributed by atoms with Crippen molar-refractivity contribution in [2.24, 2.45) is 0 Å². The number of halogens is 2. The molecule has 9 heteroatoms. The smallest absolute Gasteiger partial charge is 0.258 e. The molecule has 1 amide bonds. The second kappa shape index (κ2) is 9.63. The van der Waals surface area contributed by atoms with Crippen molar-refractivity contribution in [3.8, 4) is 11.5 Å². The van der Waals surface area contributed by atoms with Crippen molar-refractivity contribution in [2.75, 3.05) is 32.2 Å². The van der Waals surface area contributed by atoms with Crippen LogP contribution in [0.2, 0.25) is 0 Å². The molecular formula is C29H28F2N4O3. The summed E-state index contributed by atoms with van der Waals surface area (Å²) in [6.07, 6.45) is 5.69. The summed E-state index contributed by atoms with van der Waals surface area (Å²) < 4.78 is 41.1. The van der Waals surface area contributed by atoms with Gasteiger partial charge in [0.2, 0.25) is 0 Å². The Hall–Kier alpha value is -4.14. The van der Waals surface area contributed by atoms with Crippen LogP contribution in [0.5, 0.6) is 11.5 Å². The van der Waals surface area contributed by atoms with Crippen LogP contribution in [-0.2, 0) is 13.0 Å². The summed E-state index contributed by atoms with van der Waals surface area (Å²) in [5, 5.41) is 4.40. The van der Waals surface area contributed by atoms with Crippen LogP contribution in [0.1, 0.15) is 45.9 Å². The van der Waals surface area contributed by atoms with E-state index in [9.17, 15) is 13.6 Å². The van der Waals surface area contributed by atoms with Gasteiger partial charge in [-0.15, -0.1) is 0 Å². The standard InChI is InChI=1S/C29H28F2N4O3/c1-37-27-12-18-7-10-33(17-19(18)13-28(27)38-2)29(36)23-16-32-35-11-8-21(15-26(23)35)34-9-3-4-25(34)22-14-20(30)5-6-24(22)31/h5-6,8,11-16,25H,3-4,7,9-10,17H2,1-2H3. The molecule has 0 saturated carbocycles. The van der Waals surface area contributed by atoms with Crippen LogP contribution >= 0.6 is 0 Å². The molecular weight excluding hydrogens is 490 g/mol. The number of benzene rings is 2. The number of amides is 1. The van der Waals surface area contributed by atoms with Gasteiger partial charge in [0.05, 0.1) is 37.5 Å². The summed E-state index contributed by atoms with van der Waals surface area (Å²) in [4.78, 5) is 17.6. The molecule has 4 aromatic rings. The lowest BCUT2D eigenvalue weighted by molar-refractivity contribution is 0.0736. The third-order valence-corrected chi connectivity index (χ3v) is 7.64. The van der Waals surface area contributed by atoms with Gasteiger partial charge < -0.3 is 19.3 Å². The monoisotopic (exact) mass is 518 g/mol. The fraction of sp³-hybridized carbons (Fsp3) is 0.310. The van der Waals surface area contributed by atoms with Gasteiger partial charge in [-0.25, -0.2) is 13.3 Å². The molecule has 2 aromatic carbocycles. The van der Waals surface area contributed by atoms with Crippen molar-refractivity contribution in [1.82, 2.24) is 14.5 Å². The predicted molar refractivity (Wildman–Crippen MR) is 139 cm³/mol. The van der Waals surface area contributed by atoms with Crippen molar-refractivity contribution in [3.63, 3.8) is 0 Å². The highest BCUT2D eigenvalue weighted by atomic mass is 19.1.